The molecule has 0 aromatic heterocycles. The first kappa shape index (κ1) is 16.3. The van der Waals surface area contributed by atoms with E-state index in [0.717, 1.165) is 25.7 Å². The van der Waals surface area contributed by atoms with Gasteiger partial charge in [-0.15, -0.1) is 0 Å². The predicted molar refractivity (Wildman–Crippen MR) is 76.0 cm³/mol. The Balaban J connectivity index is 2.75. The van der Waals surface area contributed by atoms with Crippen molar-refractivity contribution < 1.29 is 14.6 Å². The summed E-state index contributed by atoms with van der Waals surface area (Å²) in [5.41, 5.74) is -0.668. The average Bonchev–Trinajstić information content (AvgIpc) is 2.72. The topological polar surface area (TPSA) is 58.6 Å². The standard InChI is InChI=1S/C15H29NO3/c1-11(2)12(15(10-17)8-6-7-9-15)16-13(18)19-14(3,4)5/h11-12,17H,6-10H2,1-5H3,(H,16,18). The lowest BCUT2D eigenvalue weighted by molar-refractivity contribution is 0.0281. The lowest BCUT2D eigenvalue weighted by Crippen LogP contribution is -2.52. The van der Waals surface area contributed by atoms with E-state index in [-0.39, 0.29) is 30.1 Å². The summed E-state index contributed by atoms with van der Waals surface area (Å²) in [7, 11) is 0. The smallest absolute Gasteiger partial charge is 0.407 e. The number of rotatable bonds is 4. The van der Waals surface area contributed by atoms with Crippen LogP contribution in [0.15, 0.2) is 0 Å². The minimum absolute atomic E-state index is 0.0325. The van der Waals surface area contributed by atoms with E-state index in [4.69, 9.17) is 4.74 Å². The molecule has 0 aromatic rings. The molecule has 1 atom stereocenters. The van der Waals surface area contributed by atoms with Crippen molar-refractivity contribution in [3.63, 3.8) is 0 Å². The van der Waals surface area contributed by atoms with Gasteiger partial charge in [-0.2, -0.15) is 0 Å². The van der Waals surface area contributed by atoms with Gasteiger partial charge in [-0.1, -0.05) is 26.7 Å². The van der Waals surface area contributed by atoms with Gasteiger partial charge >= 0.3 is 6.09 Å². The molecule has 1 saturated carbocycles. The molecule has 0 bridgehead atoms. The van der Waals surface area contributed by atoms with Gasteiger partial charge in [0, 0.05) is 11.5 Å². The second-order valence-electron chi connectivity index (χ2n) is 7.10. The van der Waals surface area contributed by atoms with E-state index in [1.165, 1.54) is 0 Å². The van der Waals surface area contributed by atoms with Crippen molar-refractivity contribution in [3.8, 4) is 0 Å². The molecule has 1 unspecified atom stereocenters. The van der Waals surface area contributed by atoms with E-state index in [0.29, 0.717) is 0 Å². The Morgan fingerprint density at radius 1 is 1.32 bits per heavy atom. The van der Waals surface area contributed by atoms with Gasteiger partial charge in [0.15, 0.2) is 0 Å². The van der Waals surface area contributed by atoms with Crippen molar-refractivity contribution in [2.45, 2.75) is 71.9 Å². The molecule has 1 fully saturated rings. The Kier molecular flexibility index (Phi) is 5.25. The molecule has 19 heavy (non-hydrogen) atoms. The number of amides is 1. The zero-order valence-electron chi connectivity index (χ0n) is 13.0. The Hall–Kier alpha value is -0.770. The van der Waals surface area contributed by atoms with Crippen LogP contribution in [-0.2, 0) is 4.74 Å². The highest BCUT2D eigenvalue weighted by atomic mass is 16.6. The second kappa shape index (κ2) is 6.12. The Bertz CT molecular complexity index is 301. The van der Waals surface area contributed by atoms with Gasteiger partial charge in [0.25, 0.3) is 0 Å². The van der Waals surface area contributed by atoms with E-state index in [9.17, 15) is 9.90 Å². The number of ether oxygens (including phenoxy) is 1. The van der Waals surface area contributed by atoms with E-state index >= 15 is 0 Å². The van der Waals surface area contributed by atoms with Crippen LogP contribution >= 0.6 is 0 Å². The van der Waals surface area contributed by atoms with Crippen LogP contribution in [0.2, 0.25) is 0 Å². The summed E-state index contributed by atoms with van der Waals surface area (Å²) in [6.45, 7) is 9.86. The van der Waals surface area contributed by atoms with Gasteiger partial charge < -0.3 is 15.2 Å². The highest BCUT2D eigenvalue weighted by Gasteiger charge is 2.43. The first-order valence-corrected chi connectivity index (χ1v) is 7.30. The fourth-order valence-corrected chi connectivity index (χ4v) is 3.11. The van der Waals surface area contributed by atoms with Crippen LogP contribution in [0.25, 0.3) is 0 Å². The summed E-state index contributed by atoms with van der Waals surface area (Å²) in [5, 5.41) is 12.8. The summed E-state index contributed by atoms with van der Waals surface area (Å²) in [6.07, 6.45) is 3.81. The minimum atomic E-state index is -0.492. The second-order valence-corrected chi connectivity index (χ2v) is 7.10. The van der Waals surface area contributed by atoms with Crippen LogP contribution in [0, 0.1) is 11.3 Å². The third kappa shape index (κ3) is 4.37. The quantitative estimate of drug-likeness (QED) is 0.826. The molecule has 1 aliphatic rings. The van der Waals surface area contributed by atoms with Gasteiger partial charge in [-0.05, 0) is 39.5 Å². The number of carbonyl (C=O) groups excluding carboxylic acids is 1. The van der Waals surface area contributed by atoms with Crippen LogP contribution in [0.1, 0.15) is 60.3 Å². The van der Waals surface area contributed by atoms with E-state index < -0.39 is 5.60 Å². The monoisotopic (exact) mass is 271 g/mol. The van der Waals surface area contributed by atoms with Crippen molar-refractivity contribution in [3.05, 3.63) is 0 Å². The number of carbonyl (C=O) groups is 1. The molecule has 1 rings (SSSR count). The largest absolute Gasteiger partial charge is 0.444 e. The van der Waals surface area contributed by atoms with Crippen LogP contribution in [0.4, 0.5) is 4.79 Å². The van der Waals surface area contributed by atoms with Crippen molar-refractivity contribution in [1.29, 1.82) is 0 Å². The lowest BCUT2D eigenvalue weighted by Gasteiger charge is -2.39. The van der Waals surface area contributed by atoms with Gasteiger partial charge in [0.05, 0.1) is 6.61 Å². The summed E-state index contributed by atoms with van der Waals surface area (Å²) in [4.78, 5) is 12.0. The molecular formula is C15H29NO3. The Labute approximate surface area is 116 Å². The van der Waals surface area contributed by atoms with Crippen LogP contribution in [-0.4, -0.2) is 29.4 Å². The molecular weight excluding hydrogens is 242 g/mol. The first-order chi connectivity index (χ1) is 8.70. The highest BCUT2D eigenvalue weighted by molar-refractivity contribution is 5.68. The molecule has 0 radical (unpaired) electrons. The molecule has 1 aliphatic carbocycles. The third-order valence-corrected chi connectivity index (χ3v) is 3.91. The first-order valence-electron chi connectivity index (χ1n) is 7.30. The van der Waals surface area contributed by atoms with Crippen LogP contribution in [0.3, 0.4) is 0 Å². The van der Waals surface area contributed by atoms with Crippen molar-refractivity contribution in [1.82, 2.24) is 5.32 Å². The van der Waals surface area contributed by atoms with Crippen LogP contribution < -0.4 is 5.32 Å². The maximum atomic E-state index is 12.0. The predicted octanol–water partition coefficient (Wildman–Crippen LogP) is 3.09. The number of alkyl carbamates (subject to hydrolysis) is 1. The fourth-order valence-electron chi connectivity index (χ4n) is 3.11. The van der Waals surface area contributed by atoms with E-state index in [2.05, 4.69) is 19.2 Å². The van der Waals surface area contributed by atoms with Crippen molar-refractivity contribution in [2.24, 2.45) is 11.3 Å². The molecule has 0 heterocycles. The molecule has 2 N–H and O–H groups in total. The summed E-state index contributed by atoms with van der Waals surface area (Å²) < 4.78 is 5.34. The summed E-state index contributed by atoms with van der Waals surface area (Å²) in [6, 6.07) is -0.0325. The van der Waals surface area contributed by atoms with Crippen molar-refractivity contribution in [2.75, 3.05) is 6.61 Å². The third-order valence-electron chi connectivity index (χ3n) is 3.91. The molecule has 4 heteroatoms. The molecule has 0 aromatic carbocycles. The maximum Gasteiger partial charge on any atom is 0.407 e. The number of nitrogens with one attached hydrogen (secondary N) is 1. The van der Waals surface area contributed by atoms with Gasteiger partial charge in [-0.3, -0.25) is 0 Å². The Morgan fingerprint density at radius 2 is 1.84 bits per heavy atom. The van der Waals surface area contributed by atoms with E-state index in [1.807, 2.05) is 20.8 Å². The van der Waals surface area contributed by atoms with Gasteiger partial charge in [0.2, 0.25) is 0 Å². The normalized spacial score (nSPS) is 20.4. The van der Waals surface area contributed by atoms with Gasteiger partial charge in [-0.25, -0.2) is 4.79 Å². The molecule has 0 saturated heterocycles. The maximum absolute atomic E-state index is 12.0. The minimum Gasteiger partial charge on any atom is -0.444 e. The molecule has 0 aliphatic heterocycles. The van der Waals surface area contributed by atoms with Crippen molar-refractivity contribution >= 4 is 6.09 Å². The van der Waals surface area contributed by atoms with Gasteiger partial charge in [0.1, 0.15) is 5.60 Å². The SMILES string of the molecule is CC(C)C(NC(=O)OC(C)(C)C)C1(CO)CCCC1. The highest BCUT2D eigenvalue weighted by Crippen LogP contribution is 2.43. The molecule has 1 amide bonds. The number of hydrogen-bond acceptors (Lipinski definition) is 3. The lowest BCUT2D eigenvalue weighted by atomic mass is 9.74. The molecule has 0 spiro atoms. The Morgan fingerprint density at radius 3 is 2.21 bits per heavy atom. The zero-order chi connectivity index (χ0) is 14.7. The fraction of sp³-hybridized carbons (Fsp3) is 0.933. The molecule has 112 valence electrons. The summed E-state index contributed by atoms with van der Waals surface area (Å²) in [5.74, 6) is 0.276. The zero-order valence-corrected chi connectivity index (χ0v) is 13.0. The number of aliphatic hydroxyl groups excluding tert-OH is 1. The number of aliphatic hydroxyl groups is 1. The van der Waals surface area contributed by atoms with Crippen LogP contribution in [0.5, 0.6) is 0 Å². The summed E-state index contributed by atoms with van der Waals surface area (Å²) >= 11 is 0. The average molecular weight is 271 g/mol. The number of hydrogen-bond donors (Lipinski definition) is 2. The molecule has 4 nitrogen and oxygen atoms in total. The van der Waals surface area contributed by atoms with E-state index in [1.54, 1.807) is 0 Å².